The van der Waals surface area contributed by atoms with Crippen molar-refractivity contribution in [2.45, 2.75) is 31.7 Å². The van der Waals surface area contributed by atoms with Crippen LogP contribution in [0.1, 0.15) is 24.8 Å². The van der Waals surface area contributed by atoms with Gasteiger partial charge in [-0.25, -0.2) is 0 Å². The van der Waals surface area contributed by atoms with E-state index in [1.165, 1.54) is 5.56 Å². The van der Waals surface area contributed by atoms with Crippen LogP contribution in [-0.4, -0.2) is 32.2 Å². The molecule has 1 unspecified atom stereocenters. The van der Waals surface area contributed by atoms with E-state index in [1.54, 1.807) is 7.11 Å². The second-order valence-electron chi connectivity index (χ2n) is 4.69. The molecule has 106 valence electrons. The predicted molar refractivity (Wildman–Crippen MR) is 76.9 cm³/mol. The maximum Gasteiger partial charge on any atom is 0.220 e. The molecule has 0 saturated heterocycles. The number of amides is 1. The maximum atomic E-state index is 11.6. The van der Waals surface area contributed by atoms with Crippen LogP contribution in [-0.2, 0) is 16.0 Å². The lowest BCUT2D eigenvalue weighted by molar-refractivity contribution is -0.121. The first-order chi connectivity index (χ1) is 9.22. The Kier molecular flexibility index (Phi) is 7.86. The van der Waals surface area contributed by atoms with Gasteiger partial charge in [0.15, 0.2) is 0 Å². The molecule has 0 aliphatic carbocycles. The summed E-state index contributed by atoms with van der Waals surface area (Å²) in [6, 6.07) is 10.2. The molecule has 0 radical (unpaired) electrons. The van der Waals surface area contributed by atoms with E-state index in [0.717, 1.165) is 19.3 Å². The number of nitrogens with two attached hydrogens (primary N) is 1. The number of carbonyl (C=O) groups excluding carboxylic acids is 1. The number of aryl methyl sites for hydroxylation is 1. The molecule has 19 heavy (non-hydrogen) atoms. The summed E-state index contributed by atoms with van der Waals surface area (Å²) in [5, 5.41) is 2.88. The van der Waals surface area contributed by atoms with E-state index in [0.29, 0.717) is 19.6 Å². The van der Waals surface area contributed by atoms with Crippen LogP contribution in [0.25, 0.3) is 0 Å². The highest BCUT2D eigenvalue weighted by Gasteiger charge is 2.04. The molecule has 0 bridgehead atoms. The third-order valence-electron chi connectivity index (χ3n) is 2.93. The van der Waals surface area contributed by atoms with Crippen molar-refractivity contribution in [1.82, 2.24) is 5.32 Å². The van der Waals surface area contributed by atoms with E-state index >= 15 is 0 Å². The van der Waals surface area contributed by atoms with E-state index in [2.05, 4.69) is 17.4 Å². The Morgan fingerprint density at radius 3 is 2.79 bits per heavy atom. The molecule has 1 amide bonds. The third-order valence-corrected chi connectivity index (χ3v) is 2.93. The van der Waals surface area contributed by atoms with E-state index in [-0.39, 0.29) is 11.9 Å². The summed E-state index contributed by atoms with van der Waals surface area (Å²) in [6.45, 7) is 1.15. The number of methoxy groups -OCH3 is 1. The van der Waals surface area contributed by atoms with Gasteiger partial charge in [0.1, 0.15) is 0 Å². The predicted octanol–water partition coefficient (Wildman–Crippen LogP) is 1.49. The number of carbonyl (C=O) groups is 1. The molecule has 4 nitrogen and oxygen atoms in total. The Bertz CT molecular complexity index is 354. The zero-order chi connectivity index (χ0) is 13.9. The van der Waals surface area contributed by atoms with Crippen molar-refractivity contribution < 1.29 is 9.53 Å². The average Bonchev–Trinajstić information content (AvgIpc) is 2.40. The van der Waals surface area contributed by atoms with Gasteiger partial charge in [-0.15, -0.1) is 0 Å². The highest BCUT2D eigenvalue weighted by atomic mass is 16.5. The standard InChI is InChI=1S/C15H24N2O2/c1-19-12-14(16)10-11-17-15(18)9-5-8-13-6-3-2-4-7-13/h2-4,6-7,14H,5,8-12,16H2,1H3,(H,17,18). The lowest BCUT2D eigenvalue weighted by Crippen LogP contribution is -2.32. The molecule has 0 saturated carbocycles. The van der Waals surface area contributed by atoms with Crippen LogP contribution in [0, 0.1) is 0 Å². The second kappa shape index (κ2) is 9.53. The van der Waals surface area contributed by atoms with Crippen LogP contribution in [0.2, 0.25) is 0 Å². The smallest absolute Gasteiger partial charge is 0.220 e. The normalized spacial score (nSPS) is 12.1. The molecule has 1 atom stereocenters. The number of ether oxygens (including phenoxy) is 1. The Balaban J connectivity index is 2.05. The summed E-state index contributed by atoms with van der Waals surface area (Å²) in [5.74, 6) is 0.0977. The second-order valence-corrected chi connectivity index (χ2v) is 4.69. The molecule has 3 N–H and O–H groups in total. The van der Waals surface area contributed by atoms with Gasteiger partial charge in [-0.05, 0) is 24.8 Å². The molecule has 0 fully saturated rings. The SMILES string of the molecule is COCC(N)CCNC(=O)CCCc1ccccc1. The molecule has 4 heteroatoms. The van der Waals surface area contributed by atoms with Gasteiger partial charge >= 0.3 is 0 Å². The minimum atomic E-state index is -0.00498. The van der Waals surface area contributed by atoms with E-state index in [4.69, 9.17) is 10.5 Å². The summed E-state index contributed by atoms with van der Waals surface area (Å²) < 4.78 is 4.94. The summed E-state index contributed by atoms with van der Waals surface area (Å²) in [4.78, 5) is 11.6. The van der Waals surface area contributed by atoms with Crippen LogP contribution in [0.3, 0.4) is 0 Å². The van der Waals surface area contributed by atoms with Crippen molar-refractivity contribution in [3.63, 3.8) is 0 Å². The van der Waals surface area contributed by atoms with Crippen LogP contribution in [0.15, 0.2) is 30.3 Å². The van der Waals surface area contributed by atoms with Crippen molar-refractivity contribution in [2.75, 3.05) is 20.3 Å². The first-order valence-electron chi connectivity index (χ1n) is 6.77. The molecule has 1 aromatic carbocycles. The average molecular weight is 264 g/mol. The van der Waals surface area contributed by atoms with Gasteiger partial charge in [0, 0.05) is 26.1 Å². The summed E-state index contributed by atoms with van der Waals surface area (Å²) in [6.07, 6.45) is 3.13. The Labute approximate surface area is 115 Å². The summed E-state index contributed by atoms with van der Waals surface area (Å²) in [5.41, 5.74) is 7.05. The highest BCUT2D eigenvalue weighted by molar-refractivity contribution is 5.75. The fourth-order valence-corrected chi connectivity index (χ4v) is 1.88. The van der Waals surface area contributed by atoms with Crippen LogP contribution < -0.4 is 11.1 Å². The topological polar surface area (TPSA) is 64.3 Å². The monoisotopic (exact) mass is 264 g/mol. The van der Waals surface area contributed by atoms with Gasteiger partial charge in [-0.3, -0.25) is 4.79 Å². The van der Waals surface area contributed by atoms with Gasteiger partial charge in [-0.1, -0.05) is 30.3 Å². The van der Waals surface area contributed by atoms with Crippen molar-refractivity contribution in [3.8, 4) is 0 Å². The Hall–Kier alpha value is -1.39. The number of hydrogen-bond acceptors (Lipinski definition) is 3. The summed E-state index contributed by atoms with van der Waals surface area (Å²) in [7, 11) is 1.63. The fourth-order valence-electron chi connectivity index (χ4n) is 1.88. The lowest BCUT2D eigenvalue weighted by atomic mass is 10.1. The first-order valence-corrected chi connectivity index (χ1v) is 6.77. The van der Waals surface area contributed by atoms with E-state index < -0.39 is 0 Å². The largest absolute Gasteiger partial charge is 0.383 e. The highest BCUT2D eigenvalue weighted by Crippen LogP contribution is 2.04. The number of hydrogen-bond donors (Lipinski definition) is 2. The van der Waals surface area contributed by atoms with Gasteiger partial charge in [-0.2, -0.15) is 0 Å². The molecule has 1 rings (SSSR count). The number of rotatable bonds is 9. The quantitative estimate of drug-likeness (QED) is 0.710. The minimum absolute atomic E-state index is 0.00498. The van der Waals surface area contributed by atoms with Crippen molar-refractivity contribution in [1.29, 1.82) is 0 Å². The first kappa shape index (κ1) is 15.7. The Morgan fingerprint density at radius 1 is 1.37 bits per heavy atom. The van der Waals surface area contributed by atoms with E-state index in [9.17, 15) is 4.79 Å². The fraction of sp³-hybridized carbons (Fsp3) is 0.533. The molecule has 1 aromatic rings. The van der Waals surface area contributed by atoms with Crippen molar-refractivity contribution >= 4 is 5.91 Å². The molecule has 0 aromatic heterocycles. The van der Waals surface area contributed by atoms with Gasteiger partial charge in [0.05, 0.1) is 6.61 Å². The number of benzene rings is 1. The summed E-state index contributed by atoms with van der Waals surface area (Å²) >= 11 is 0. The molecular weight excluding hydrogens is 240 g/mol. The number of nitrogens with one attached hydrogen (secondary N) is 1. The molecule has 0 aliphatic rings. The van der Waals surface area contributed by atoms with Gasteiger partial charge < -0.3 is 15.8 Å². The third kappa shape index (κ3) is 7.59. The Morgan fingerprint density at radius 2 is 2.11 bits per heavy atom. The molecule has 0 spiro atoms. The van der Waals surface area contributed by atoms with Gasteiger partial charge in [0.25, 0.3) is 0 Å². The van der Waals surface area contributed by atoms with Crippen LogP contribution in [0.5, 0.6) is 0 Å². The zero-order valence-corrected chi connectivity index (χ0v) is 11.6. The zero-order valence-electron chi connectivity index (χ0n) is 11.6. The van der Waals surface area contributed by atoms with Crippen LogP contribution in [0.4, 0.5) is 0 Å². The van der Waals surface area contributed by atoms with Crippen LogP contribution >= 0.6 is 0 Å². The molecular formula is C15H24N2O2. The van der Waals surface area contributed by atoms with Gasteiger partial charge in [0.2, 0.25) is 5.91 Å². The molecule has 0 heterocycles. The lowest BCUT2D eigenvalue weighted by Gasteiger charge is -2.10. The minimum Gasteiger partial charge on any atom is -0.383 e. The van der Waals surface area contributed by atoms with Crippen molar-refractivity contribution in [3.05, 3.63) is 35.9 Å². The van der Waals surface area contributed by atoms with E-state index in [1.807, 2.05) is 18.2 Å². The molecule has 0 aliphatic heterocycles. The maximum absolute atomic E-state index is 11.6. The van der Waals surface area contributed by atoms with Crippen molar-refractivity contribution in [2.24, 2.45) is 5.73 Å².